The predicted octanol–water partition coefficient (Wildman–Crippen LogP) is 22.9. The zero-order valence-electron chi connectivity index (χ0n) is 61.3. The van der Waals surface area contributed by atoms with Crippen LogP contribution in [-0.2, 0) is 9.31 Å². The van der Waals surface area contributed by atoms with Crippen LogP contribution in [0.25, 0.3) is 102 Å². The van der Waals surface area contributed by atoms with E-state index in [2.05, 4.69) is 284 Å². The molecule has 0 amide bonds. The van der Waals surface area contributed by atoms with Crippen molar-refractivity contribution in [3.63, 3.8) is 0 Å². The minimum Gasteiger partial charge on any atom is -0.399 e. The Bertz CT molecular complexity index is 5720. The van der Waals surface area contributed by atoms with Gasteiger partial charge in [-0.15, -0.1) is 0 Å². The highest BCUT2D eigenvalue weighted by molar-refractivity contribution is 6.62. The zero-order valence-corrected chi connectivity index (χ0v) is 62.1. The fourth-order valence-corrected chi connectivity index (χ4v) is 13.5. The monoisotopic (exact) mass is 1440 g/mol. The lowest BCUT2D eigenvalue weighted by atomic mass is 9.78. The van der Waals surface area contributed by atoms with Gasteiger partial charge in [-0.25, -0.2) is 19.9 Å². The van der Waals surface area contributed by atoms with Crippen LogP contribution < -0.4 is 5.46 Å². The molecule has 0 N–H and O–H groups in total. The van der Waals surface area contributed by atoms with Crippen LogP contribution in [-0.4, -0.2) is 58.2 Å². The second kappa shape index (κ2) is 33.7. The van der Waals surface area contributed by atoms with E-state index in [-0.39, 0.29) is 23.6 Å². The number of nitrogens with zero attached hydrogens (tertiary/aromatic N) is 8. The smallest absolute Gasteiger partial charge is 0.399 e. The van der Waals surface area contributed by atoms with Gasteiger partial charge in [-0.3, -0.25) is 9.97 Å². The summed E-state index contributed by atoms with van der Waals surface area (Å²) in [5, 5.41) is 0.164. The molecule has 4 aromatic heterocycles. The summed E-state index contributed by atoms with van der Waals surface area (Å²) in [4.78, 5) is 37.7. The number of pyridine rings is 2. The Balaban J connectivity index is 0.000000142. The molecule has 1 aliphatic rings. The van der Waals surface area contributed by atoms with Crippen LogP contribution in [0.2, 0.25) is 5.28 Å². The van der Waals surface area contributed by atoms with E-state index >= 15 is 0 Å². The largest absolute Gasteiger partial charge is 0.494 e. The number of aromatic nitrogens is 8. The van der Waals surface area contributed by atoms with Crippen LogP contribution >= 0.6 is 11.6 Å². The van der Waals surface area contributed by atoms with E-state index in [1.54, 1.807) is 6.20 Å². The minimum atomic E-state index is -0.335. The van der Waals surface area contributed by atoms with Crippen molar-refractivity contribution in [3.8, 4) is 79.5 Å². The number of rotatable bonds is 16. The van der Waals surface area contributed by atoms with Gasteiger partial charge in [0.2, 0.25) is 5.28 Å². The van der Waals surface area contributed by atoms with Gasteiger partial charge in [-0.05, 0) is 154 Å². The molecule has 530 valence electrons. The van der Waals surface area contributed by atoms with Crippen LogP contribution in [0.4, 0.5) is 0 Å². The molecule has 17 rings (SSSR count). The van der Waals surface area contributed by atoms with Crippen molar-refractivity contribution in [2.24, 2.45) is 0 Å². The lowest BCUT2D eigenvalue weighted by molar-refractivity contribution is 0.00578. The SMILES string of the molecule is CC1(C)OB(c2cccc(-c3ccccn3)c2)OC1(C)C.Clc1nc(-c2ccccc2)nc(-c2cccc(C(=C(c3ccccc3)c3ccccc3)c3ccccc3)c2)n1.c1ccc(C(=C(c2ccccc2)c2cccc(-c3nc(-c4ccccc4)nc(-c4ccc(-c5ccccn5)cc4)n3)c2)c2ccccc2)cc1. The van der Waals surface area contributed by atoms with Gasteiger partial charge in [0.1, 0.15) is 0 Å². The fourth-order valence-electron chi connectivity index (χ4n) is 13.3. The number of hydrogen-bond acceptors (Lipinski definition) is 10. The van der Waals surface area contributed by atoms with Gasteiger partial charge in [0.25, 0.3) is 0 Å². The van der Waals surface area contributed by atoms with E-state index in [1.165, 1.54) is 0 Å². The molecular weight excluding hydrogens is 1370 g/mol. The van der Waals surface area contributed by atoms with Crippen LogP contribution in [0.5, 0.6) is 0 Å². The molecule has 1 fully saturated rings. The summed E-state index contributed by atoms with van der Waals surface area (Å²) in [6, 6.07) is 128. The Kier molecular flexibility index (Phi) is 22.1. The standard InChI is InChI=1S/C46H32N4.C35H24ClN3.C17H20BNO2/c1-5-16-34(17-6-1)42(35-18-7-2-8-19-35)43(36-20-9-3-10-21-36)39-24-15-25-40(32-39)46-49-44(37-22-11-4-12-23-37)48-45(50-46)38-29-27-33(28-30-38)41-26-13-14-31-47-41;36-35-38-33(28-20-11-4-12-21-28)37-34(39-35)30-23-13-22-29(24-30)32(27-18-9-3-10-19-27)31(25-14-5-1-6-15-25)26-16-7-2-8-17-26;1-16(2)17(3,4)21-18(20-16)14-9-7-8-13(12-14)15-10-5-6-11-19-15/h1-32H;1-24H;5-12H,1-4H3. The minimum absolute atomic E-state index is 0.164. The van der Waals surface area contributed by atoms with Crippen LogP contribution in [0.3, 0.4) is 0 Å². The van der Waals surface area contributed by atoms with Crippen molar-refractivity contribution in [1.29, 1.82) is 0 Å². The first kappa shape index (κ1) is 72.3. The Morgan fingerprint density at radius 1 is 0.245 bits per heavy atom. The first-order valence-electron chi connectivity index (χ1n) is 36.7. The number of benzene rings is 12. The van der Waals surface area contributed by atoms with Crippen LogP contribution in [0, 0.1) is 0 Å². The Labute approximate surface area is 648 Å². The van der Waals surface area contributed by atoms with Crippen molar-refractivity contribution in [1.82, 2.24) is 39.9 Å². The van der Waals surface area contributed by atoms with E-state index in [4.69, 9.17) is 40.8 Å². The molecule has 5 heterocycles. The highest BCUT2D eigenvalue weighted by Crippen LogP contribution is 2.42. The van der Waals surface area contributed by atoms with E-state index < -0.39 is 0 Å². The van der Waals surface area contributed by atoms with Crippen molar-refractivity contribution < 1.29 is 9.31 Å². The quantitative estimate of drug-likeness (QED) is 0.0683. The summed E-state index contributed by atoms with van der Waals surface area (Å²) in [7, 11) is -0.335. The van der Waals surface area contributed by atoms with E-state index in [1.807, 2.05) is 146 Å². The van der Waals surface area contributed by atoms with E-state index in [9.17, 15) is 0 Å². The summed E-state index contributed by atoms with van der Waals surface area (Å²) < 4.78 is 12.2. The molecule has 1 saturated heterocycles. The third-order valence-corrected chi connectivity index (χ3v) is 19.6. The maximum atomic E-state index is 6.39. The van der Waals surface area contributed by atoms with Gasteiger partial charge >= 0.3 is 7.12 Å². The Morgan fingerprint density at radius 2 is 0.509 bits per heavy atom. The second-order valence-corrected chi connectivity index (χ2v) is 27.7. The highest BCUT2D eigenvalue weighted by atomic mass is 35.5. The molecule has 0 spiro atoms. The first-order chi connectivity index (χ1) is 53.9. The zero-order chi connectivity index (χ0) is 75.1. The molecule has 12 heteroatoms. The molecule has 10 nitrogen and oxygen atoms in total. The highest BCUT2D eigenvalue weighted by Gasteiger charge is 2.51. The number of halogens is 1. The van der Waals surface area contributed by atoms with Crippen molar-refractivity contribution in [2.45, 2.75) is 38.9 Å². The summed E-state index contributed by atoms with van der Waals surface area (Å²) in [6.07, 6.45) is 3.61. The average molecular weight is 1440 g/mol. The molecule has 0 bridgehead atoms. The summed E-state index contributed by atoms with van der Waals surface area (Å²) in [5.41, 5.74) is 22.4. The van der Waals surface area contributed by atoms with Crippen molar-refractivity contribution in [3.05, 3.63) is 438 Å². The summed E-state index contributed by atoms with van der Waals surface area (Å²) >= 11 is 6.39. The van der Waals surface area contributed by atoms with Gasteiger partial charge in [0, 0.05) is 45.8 Å². The number of hydrogen-bond donors (Lipinski definition) is 0. The van der Waals surface area contributed by atoms with Crippen LogP contribution in [0.15, 0.2) is 389 Å². The molecule has 12 aromatic carbocycles. The molecule has 0 saturated carbocycles. The molecule has 110 heavy (non-hydrogen) atoms. The van der Waals surface area contributed by atoms with Gasteiger partial charge in [0.05, 0.1) is 22.6 Å². The molecule has 0 unspecified atom stereocenters. The molecule has 0 radical (unpaired) electrons. The maximum absolute atomic E-state index is 6.39. The van der Waals surface area contributed by atoms with Crippen molar-refractivity contribution >= 4 is 46.5 Å². The van der Waals surface area contributed by atoms with E-state index in [0.29, 0.717) is 29.1 Å². The third-order valence-electron chi connectivity index (χ3n) is 19.5. The molecular formula is C98H76BClN8O2. The topological polar surface area (TPSA) is 122 Å². The Morgan fingerprint density at radius 3 is 0.873 bits per heavy atom. The lowest BCUT2D eigenvalue weighted by Gasteiger charge is -2.32. The van der Waals surface area contributed by atoms with Crippen molar-refractivity contribution in [2.75, 3.05) is 0 Å². The second-order valence-electron chi connectivity index (χ2n) is 27.4. The molecule has 0 atom stereocenters. The van der Waals surface area contributed by atoms with Gasteiger partial charge < -0.3 is 9.31 Å². The first-order valence-corrected chi connectivity index (χ1v) is 37.0. The van der Waals surface area contributed by atoms with Gasteiger partial charge in [-0.1, -0.05) is 340 Å². The molecule has 0 aliphatic carbocycles. The molecule has 16 aromatic rings. The fraction of sp³-hybridized carbons (Fsp3) is 0.0612. The van der Waals surface area contributed by atoms with Crippen LogP contribution in [0.1, 0.15) is 72.2 Å². The van der Waals surface area contributed by atoms with E-state index in [0.717, 1.165) is 123 Å². The lowest BCUT2D eigenvalue weighted by Crippen LogP contribution is -2.41. The molecule has 1 aliphatic heterocycles. The summed E-state index contributed by atoms with van der Waals surface area (Å²) in [5.74, 6) is 2.92. The van der Waals surface area contributed by atoms with Gasteiger partial charge in [0.15, 0.2) is 29.1 Å². The predicted molar refractivity (Wildman–Crippen MR) is 449 cm³/mol. The Hall–Kier alpha value is -13.3. The summed E-state index contributed by atoms with van der Waals surface area (Å²) in [6.45, 7) is 8.26. The van der Waals surface area contributed by atoms with Gasteiger partial charge in [-0.2, -0.15) is 9.97 Å². The normalized spacial score (nSPS) is 12.5. The maximum Gasteiger partial charge on any atom is 0.494 e. The average Bonchev–Trinajstić information content (AvgIpc) is 1.34. The third kappa shape index (κ3) is 16.9.